The van der Waals surface area contributed by atoms with Crippen molar-refractivity contribution >= 4 is 11.9 Å². The Labute approximate surface area is 90.2 Å². The molecule has 1 amide bonds. The van der Waals surface area contributed by atoms with Crippen LogP contribution >= 0.6 is 0 Å². The third kappa shape index (κ3) is 4.78. The van der Waals surface area contributed by atoms with Gasteiger partial charge in [-0.15, -0.1) is 0 Å². The fraction of sp³-hybridized carbons (Fsp3) is 0.800. The maximum atomic E-state index is 11.2. The second-order valence-corrected chi connectivity index (χ2v) is 3.69. The van der Waals surface area contributed by atoms with Gasteiger partial charge in [-0.2, -0.15) is 0 Å². The molecule has 0 heterocycles. The van der Waals surface area contributed by atoms with Gasteiger partial charge >= 0.3 is 5.97 Å². The molecular formula is C10H20N2O3. The lowest BCUT2D eigenvalue weighted by Gasteiger charge is -2.24. The molecular weight excluding hydrogens is 196 g/mol. The SMILES string of the molecule is CCCNC(=O)CNC(C)(CC)C(=O)O. The largest absolute Gasteiger partial charge is 0.480 e. The lowest BCUT2D eigenvalue weighted by Crippen LogP contribution is -2.52. The molecule has 0 rings (SSSR count). The fourth-order valence-electron chi connectivity index (χ4n) is 0.954. The van der Waals surface area contributed by atoms with E-state index in [2.05, 4.69) is 10.6 Å². The number of carbonyl (C=O) groups excluding carboxylic acids is 1. The van der Waals surface area contributed by atoms with Gasteiger partial charge in [-0.1, -0.05) is 13.8 Å². The van der Waals surface area contributed by atoms with Gasteiger partial charge in [0.25, 0.3) is 0 Å². The lowest BCUT2D eigenvalue weighted by molar-refractivity contribution is -0.144. The number of aliphatic carboxylic acids is 1. The van der Waals surface area contributed by atoms with Crippen molar-refractivity contribution in [3.63, 3.8) is 0 Å². The van der Waals surface area contributed by atoms with Crippen LogP contribution in [-0.4, -0.2) is 35.6 Å². The van der Waals surface area contributed by atoms with Gasteiger partial charge < -0.3 is 10.4 Å². The van der Waals surface area contributed by atoms with E-state index < -0.39 is 11.5 Å². The zero-order valence-corrected chi connectivity index (χ0v) is 9.59. The molecule has 3 N–H and O–H groups in total. The first-order valence-corrected chi connectivity index (χ1v) is 5.21. The Morgan fingerprint density at radius 2 is 1.93 bits per heavy atom. The molecule has 0 aromatic carbocycles. The van der Waals surface area contributed by atoms with Crippen LogP contribution in [0.2, 0.25) is 0 Å². The van der Waals surface area contributed by atoms with E-state index in [-0.39, 0.29) is 12.5 Å². The smallest absolute Gasteiger partial charge is 0.323 e. The first-order valence-electron chi connectivity index (χ1n) is 5.21. The third-order valence-corrected chi connectivity index (χ3v) is 2.39. The van der Waals surface area contributed by atoms with Crippen LogP contribution in [-0.2, 0) is 9.59 Å². The average molecular weight is 216 g/mol. The van der Waals surface area contributed by atoms with Crippen LogP contribution in [0, 0.1) is 0 Å². The minimum Gasteiger partial charge on any atom is -0.480 e. The summed E-state index contributed by atoms with van der Waals surface area (Å²) in [4.78, 5) is 22.1. The number of hydrogen-bond acceptors (Lipinski definition) is 3. The Morgan fingerprint density at radius 3 is 2.33 bits per heavy atom. The molecule has 0 aromatic heterocycles. The van der Waals surface area contributed by atoms with E-state index in [9.17, 15) is 9.59 Å². The Kier molecular flexibility index (Phi) is 5.93. The molecule has 0 aliphatic heterocycles. The molecule has 0 fully saturated rings. The number of carboxylic acid groups (broad SMARTS) is 1. The van der Waals surface area contributed by atoms with Crippen LogP contribution in [0.25, 0.3) is 0 Å². The van der Waals surface area contributed by atoms with Gasteiger partial charge in [-0.25, -0.2) is 0 Å². The summed E-state index contributed by atoms with van der Waals surface area (Å²) in [6.45, 7) is 5.96. The van der Waals surface area contributed by atoms with E-state index in [1.165, 1.54) is 0 Å². The van der Waals surface area contributed by atoms with Crippen LogP contribution < -0.4 is 10.6 Å². The number of hydrogen-bond donors (Lipinski definition) is 3. The van der Waals surface area contributed by atoms with Crippen molar-refractivity contribution in [1.82, 2.24) is 10.6 Å². The van der Waals surface area contributed by atoms with Crippen LogP contribution in [0.5, 0.6) is 0 Å². The van der Waals surface area contributed by atoms with Crippen molar-refractivity contribution < 1.29 is 14.7 Å². The lowest BCUT2D eigenvalue weighted by atomic mass is 9.99. The summed E-state index contributed by atoms with van der Waals surface area (Å²) in [7, 11) is 0. The van der Waals surface area contributed by atoms with Crippen molar-refractivity contribution in [1.29, 1.82) is 0 Å². The average Bonchev–Trinajstić information content (AvgIpc) is 2.22. The summed E-state index contributed by atoms with van der Waals surface area (Å²) in [5.41, 5.74) is -1.02. The summed E-state index contributed by atoms with van der Waals surface area (Å²) in [5.74, 6) is -1.11. The molecule has 0 saturated carbocycles. The predicted octanol–water partition coefficient (Wildman–Crippen LogP) is 0.355. The normalized spacial score (nSPS) is 14.3. The van der Waals surface area contributed by atoms with E-state index >= 15 is 0 Å². The summed E-state index contributed by atoms with van der Waals surface area (Å²) >= 11 is 0. The van der Waals surface area contributed by atoms with Gasteiger partial charge in [-0.3, -0.25) is 14.9 Å². The third-order valence-electron chi connectivity index (χ3n) is 2.39. The van der Waals surface area contributed by atoms with Crippen molar-refractivity contribution in [2.45, 2.75) is 39.2 Å². The van der Waals surface area contributed by atoms with Crippen LogP contribution in [0.4, 0.5) is 0 Å². The molecule has 88 valence electrons. The van der Waals surface area contributed by atoms with E-state index in [0.717, 1.165) is 6.42 Å². The highest BCUT2D eigenvalue weighted by Gasteiger charge is 2.30. The zero-order valence-electron chi connectivity index (χ0n) is 9.59. The molecule has 1 atom stereocenters. The minimum atomic E-state index is -1.02. The monoisotopic (exact) mass is 216 g/mol. The predicted molar refractivity (Wildman–Crippen MR) is 57.6 cm³/mol. The molecule has 0 aliphatic carbocycles. The molecule has 0 aromatic rings. The Balaban J connectivity index is 4.01. The number of rotatable bonds is 7. The molecule has 0 bridgehead atoms. The van der Waals surface area contributed by atoms with E-state index in [4.69, 9.17) is 5.11 Å². The quantitative estimate of drug-likeness (QED) is 0.574. The van der Waals surface area contributed by atoms with E-state index in [0.29, 0.717) is 13.0 Å². The number of nitrogens with one attached hydrogen (secondary N) is 2. The van der Waals surface area contributed by atoms with Crippen molar-refractivity contribution in [2.75, 3.05) is 13.1 Å². The Morgan fingerprint density at radius 1 is 1.33 bits per heavy atom. The van der Waals surface area contributed by atoms with Gasteiger partial charge in [0.1, 0.15) is 5.54 Å². The highest BCUT2D eigenvalue weighted by atomic mass is 16.4. The molecule has 0 aliphatic rings. The molecule has 0 radical (unpaired) electrons. The fourth-order valence-corrected chi connectivity index (χ4v) is 0.954. The summed E-state index contributed by atoms with van der Waals surface area (Å²) in [6.07, 6.45) is 1.30. The molecule has 15 heavy (non-hydrogen) atoms. The van der Waals surface area contributed by atoms with Crippen molar-refractivity contribution in [3.8, 4) is 0 Å². The second-order valence-electron chi connectivity index (χ2n) is 3.69. The highest BCUT2D eigenvalue weighted by molar-refractivity contribution is 5.81. The van der Waals surface area contributed by atoms with E-state index in [1.54, 1.807) is 13.8 Å². The van der Waals surface area contributed by atoms with Gasteiger partial charge in [0, 0.05) is 6.54 Å². The van der Waals surface area contributed by atoms with Crippen LogP contribution in [0.3, 0.4) is 0 Å². The maximum Gasteiger partial charge on any atom is 0.323 e. The van der Waals surface area contributed by atoms with Crippen molar-refractivity contribution in [2.24, 2.45) is 0 Å². The number of carboxylic acids is 1. The first kappa shape index (κ1) is 13.9. The van der Waals surface area contributed by atoms with Gasteiger partial charge in [0.15, 0.2) is 0 Å². The van der Waals surface area contributed by atoms with Crippen LogP contribution in [0.15, 0.2) is 0 Å². The van der Waals surface area contributed by atoms with Gasteiger partial charge in [0.2, 0.25) is 5.91 Å². The molecule has 1 unspecified atom stereocenters. The first-order chi connectivity index (χ1) is 6.96. The van der Waals surface area contributed by atoms with E-state index in [1.807, 2.05) is 6.92 Å². The second kappa shape index (κ2) is 6.40. The molecule has 5 nitrogen and oxygen atoms in total. The van der Waals surface area contributed by atoms with Gasteiger partial charge in [-0.05, 0) is 19.8 Å². The zero-order chi connectivity index (χ0) is 11.9. The van der Waals surface area contributed by atoms with Crippen LogP contribution in [0.1, 0.15) is 33.6 Å². The maximum absolute atomic E-state index is 11.2. The van der Waals surface area contributed by atoms with Gasteiger partial charge in [0.05, 0.1) is 6.54 Å². The highest BCUT2D eigenvalue weighted by Crippen LogP contribution is 2.08. The topological polar surface area (TPSA) is 78.4 Å². The Hall–Kier alpha value is -1.10. The minimum absolute atomic E-state index is 0.0383. The number of amides is 1. The summed E-state index contributed by atoms with van der Waals surface area (Å²) in [5, 5.41) is 14.3. The van der Waals surface area contributed by atoms with Crippen molar-refractivity contribution in [3.05, 3.63) is 0 Å². The standard InChI is InChI=1S/C10H20N2O3/c1-4-6-11-8(13)7-12-10(3,5-2)9(14)15/h12H,4-7H2,1-3H3,(H,11,13)(H,14,15). The number of carbonyl (C=O) groups is 2. The molecule has 0 spiro atoms. The Bertz CT molecular complexity index is 231. The summed E-state index contributed by atoms with van der Waals surface area (Å²) < 4.78 is 0. The summed E-state index contributed by atoms with van der Waals surface area (Å²) in [6, 6.07) is 0. The molecule has 0 saturated heterocycles. The molecule has 5 heteroatoms.